The van der Waals surface area contributed by atoms with Gasteiger partial charge in [0.25, 0.3) is 0 Å². The SMILES string of the molecule is CCOc1cc(N(C)CC(=O)Nc2c(C)cc(C)cc2C)ccc1[N+](=O)[O-]. The molecule has 0 aromatic heterocycles. The molecule has 1 N–H and O–H groups in total. The van der Waals surface area contributed by atoms with Crippen molar-refractivity contribution < 1.29 is 14.5 Å². The minimum Gasteiger partial charge on any atom is -0.487 e. The van der Waals surface area contributed by atoms with Gasteiger partial charge in [-0.05, 0) is 44.9 Å². The summed E-state index contributed by atoms with van der Waals surface area (Å²) in [7, 11) is 1.76. The Hall–Kier alpha value is -3.09. The lowest BCUT2D eigenvalue weighted by molar-refractivity contribution is -0.385. The number of anilines is 2. The highest BCUT2D eigenvalue weighted by Crippen LogP contribution is 2.31. The molecule has 0 spiro atoms. The molecule has 0 heterocycles. The van der Waals surface area contributed by atoms with Crippen molar-refractivity contribution in [3.05, 3.63) is 57.1 Å². The first-order valence-electron chi connectivity index (χ1n) is 8.73. The Kier molecular flexibility index (Phi) is 6.39. The quantitative estimate of drug-likeness (QED) is 0.587. The van der Waals surface area contributed by atoms with Crippen LogP contribution in [0.4, 0.5) is 17.1 Å². The van der Waals surface area contributed by atoms with Crippen molar-refractivity contribution in [2.24, 2.45) is 0 Å². The van der Waals surface area contributed by atoms with Crippen LogP contribution in [0.15, 0.2) is 30.3 Å². The van der Waals surface area contributed by atoms with Crippen LogP contribution in [0.2, 0.25) is 0 Å². The molecule has 27 heavy (non-hydrogen) atoms. The molecule has 144 valence electrons. The second-order valence-electron chi connectivity index (χ2n) is 6.52. The van der Waals surface area contributed by atoms with E-state index in [1.807, 2.05) is 32.9 Å². The normalized spacial score (nSPS) is 10.4. The number of benzene rings is 2. The van der Waals surface area contributed by atoms with Crippen molar-refractivity contribution in [3.63, 3.8) is 0 Å². The molecule has 0 saturated carbocycles. The van der Waals surface area contributed by atoms with Gasteiger partial charge in [0.15, 0.2) is 5.75 Å². The molecular weight excluding hydrogens is 346 g/mol. The molecule has 7 heteroatoms. The van der Waals surface area contributed by atoms with E-state index in [2.05, 4.69) is 5.32 Å². The number of nitro benzene ring substituents is 1. The van der Waals surface area contributed by atoms with Crippen LogP contribution in [-0.2, 0) is 4.79 Å². The van der Waals surface area contributed by atoms with Gasteiger partial charge in [-0.15, -0.1) is 0 Å². The number of hydrogen-bond acceptors (Lipinski definition) is 5. The molecule has 0 radical (unpaired) electrons. The second kappa shape index (κ2) is 8.53. The van der Waals surface area contributed by atoms with E-state index in [0.29, 0.717) is 12.3 Å². The molecule has 2 aromatic carbocycles. The minimum absolute atomic E-state index is 0.0932. The number of nitrogens with zero attached hydrogens (tertiary/aromatic N) is 2. The zero-order valence-corrected chi connectivity index (χ0v) is 16.3. The van der Waals surface area contributed by atoms with Crippen LogP contribution in [0.5, 0.6) is 5.75 Å². The van der Waals surface area contributed by atoms with E-state index in [9.17, 15) is 14.9 Å². The molecule has 0 aliphatic carbocycles. The number of likely N-dealkylation sites (N-methyl/N-ethyl adjacent to an activating group) is 1. The summed E-state index contributed by atoms with van der Waals surface area (Å²) in [5.74, 6) is 0.0290. The molecule has 1 amide bonds. The number of hydrogen-bond donors (Lipinski definition) is 1. The molecule has 7 nitrogen and oxygen atoms in total. The predicted octanol–water partition coefficient (Wildman–Crippen LogP) is 3.99. The molecule has 0 aliphatic rings. The Bertz CT molecular complexity index is 841. The molecule has 0 aliphatic heterocycles. The Labute approximate surface area is 159 Å². The highest BCUT2D eigenvalue weighted by molar-refractivity contribution is 5.95. The highest BCUT2D eigenvalue weighted by atomic mass is 16.6. The van der Waals surface area contributed by atoms with Crippen molar-refractivity contribution >= 4 is 23.0 Å². The van der Waals surface area contributed by atoms with E-state index in [1.165, 1.54) is 6.07 Å². The van der Waals surface area contributed by atoms with Crippen molar-refractivity contribution in [1.82, 2.24) is 0 Å². The first kappa shape index (κ1) is 20.2. The number of nitro groups is 1. The van der Waals surface area contributed by atoms with Crippen LogP contribution >= 0.6 is 0 Å². The van der Waals surface area contributed by atoms with Crippen molar-refractivity contribution in [2.75, 3.05) is 30.4 Å². The van der Waals surface area contributed by atoms with Gasteiger partial charge in [-0.2, -0.15) is 0 Å². The van der Waals surface area contributed by atoms with E-state index in [-0.39, 0.29) is 23.9 Å². The number of rotatable bonds is 7. The van der Waals surface area contributed by atoms with Gasteiger partial charge >= 0.3 is 5.69 Å². The number of nitrogens with one attached hydrogen (secondary N) is 1. The molecule has 2 rings (SSSR count). The summed E-state index contributed by atoms with van der Waals surface area (Å²) in [6.07, 6.45) is 0. The van der Waals surface area contributed by atoms with Gasteiger partial charge < -0.3 is 15.0 Å². The minimum atomic E-state index is -0.482. The second-order valence-corrected chi connectivity index (χ2v) is 6.52. The van der Waals surface area contributed by atoms with E-state index >= 15 is 0 Å². The van der Waals surface area contributed by atoms with E-state index < -0.39 is 4.92 Å². The largest absolute Gasteiger partial charge is 0.487 e. The number of amides is 1. The smallest absolute Gasteiger partial charge is 0.311 e. The van der Waals surface area contributed by atoms with Crippen molar-refractivity contribution in [3.8, 4) is 5.75 Å². The maximum Gasteiger partial charge on any atom is 0.311 e. The lowest BCUT2D eigenvalue weighted by Crippen LogP contribution is -2.30. The summed E-state index contributed by atoms with van der Waals surface area (Å²) >= 11 is 0. The number of aryl methyl sites for hydroxylation is 3. The fraction of sp³-hybridized carbons (Fsp3) is 0.350. The lowest BCUT2D eigenvalue weighted by atomic mass is 10.1. The molecule has 2 aromatic rings. The summed E-state index contributed by atoms with van der Waals surface area (Å²) < 4.78 is 5.36. The summed E-state index contributed by atoms with van der Waals surface area (Å²) in [6, 6.07) is 8.63. The lowest BCUT2D eigenvalue weighted by Gasteiger charge is -2.20. The fourth-order valence-corrected chi connectivity index (χ4v) is 3.03. The van der Waals surface area contributed by atoms with Crippen LogP contribution in [0.25, 0.3) is 0 Å². The summed E-state index contributed by atoms with van der Waals surface area (Å²) in [5, 5.41) is 14.0. The first-order chi connectivity index (χ1) is 12.7. The monoisotopic (exact) mass is 371 g/mol. The maximum absolute atomic E-state index is 12.5. The van der Waals surface area contributed by atoms with Gasteiger partial charge in [-0.25, -0.2) is 0 Å². The van der Waals surface area contributed by atoms with Gasteiger partial charge in [0.05, 0.1) is 18.1 Å². The van der Waals surface area contributed by atoms with Gasteiger partial charge in [0.1, 0.15) is 0 Å². The van der Waals surface area contributed by atoms with Crippen molar-refractivity contribution in [1.29, 1.82) is 0 Å². The molecule has 0 saturated heterocycles. The number of ether oxygens (including phenoxy) is 1. The third-order valence-corrected chi connectivity index (χ3v) is 4.20. The Morgan fingerprint density at radius 1 is 1.19 bits per heavy atom. The van der Waals surface area contributed by atoms with Crippen LogP contribution < -0.4 is 15.0 Å². The number of carbonyl (C=O) groups is 1. The molecular formula is C20H25N3O4. The van der Waals surface area contributed by atoms with Crippen molar-refractivity contribution in [2.45, 2.75) is 27.7 Å². The number of carbonyl (C=O) groups excluding carboxylic acids is 1. The standard InChI is InChI=1S/C20H25N3O4/c1-6-27-18-11-16(7-8-17(18)23(25)26)22(5)12-19(24)21-20-14(3)9-13(2)10-15(20)4/h7-11H,6,12H2,1-5H3,(H,21,24). The van der Waals surface area contributed by atoms with Gasteiger partial charge in [-0.3, -0.25) is 14.9 Å². The Morgan fingerprint density at radius 3 is 2.37 bits per heavy atom. The van der Waals surface area contributed by atoms with E-state index in [1.54, 1.807) is 31.0 Å². The molecule has 0 bridgehead atoms. The average molecular weight is 371 g/mol. The third kappa shape index (κ3) is 4.97. The Morgan fingerprint density at radius 2 is 1.81 bits per heavy atom. The summed E-state index contributed by atoms with van der Waals surface area (Å²) in [6.45, 7) is 8.13. The predicted molar refractivity (Wildman–Crippen MR) is 107 cm³/mol. The highest BCUT2D eigenvalue weighted by Gasteiger charge is 2.18. The van der Waals surface area contributed by atoms with E-state index in [4.69, 9.17) is 4.74 Å². The summed E-state index contributed by atoms with van der Waals surface area (Å²) in [5.41, 5.74) is 4.56. The molecule has 0 atom stereocenters. The zero-order chi connectivity index (χ0) is 20.1. The molecule has 0 fully saturated rings. The topological polar surface area (TPSA) is 84.7 Å². The molecule has 0 unspecified atom stereocenters. The first-order valence-corrected chi connectivity index (χ1v) is 8.73. The van der Waals surface area contributed by atoms with Crippen LogP contribution in [0, 0.1) is 30.9 Å². The third-order valence-electron chi connectivity index (χ3n) is 4.20. The zero-order valence-electron chi connectivity index (χ0n) is 16.3. The Balaban J connectivity index is 2.15. The fourth-order valence-electron chi connectivity index (χ4n) is 3.03. The van der Waals surface area contributed by atoms with Gasteiger partial charge in [-0.1, -0.05) is 17.7 Å². The van der Waals surface area contributed by atoms with E-state index in [0.717, 1.165) is 22.4 Å². The summed E-state index contributed by atoms with van der Waals surface area (Å²) in [4.78, 5) is 24.8. The van der Waals surface area contributed by atoms with Crippen LogP contribution in [0.3, 0.4) is 0 Å². The maximum atomic E-state index is 12.5. The van der Waals surface area contributed by atoms with Gasteiger partial charge in [0.2, 0.25) is 5.91 Å². The van der Waals surface area contributed by atoms with Gasteiger partial charge in [0, 0.05) is 30.6 Å². The van der Waals surface area contributed by atoms with Crippen LogP contribution in [-0.4, -0.2) is 31.0 Å². The average Bonchev–Trinajstić information content (AvgIpc) is 2.58. The van der Waals surface area contributed by atoms with Crippen LogP contribution in [0.1, 0.15) is 23.6 Å².